The van der Waals surface area contributed by atoms with Gasteiger partial charge in [-0.05, 0) is 18.8 Å². The van der Waals surface area contributed by atoms with E-state index in [9.17, 15) is 4.79 Å². The number of rotatable bonds is 7. The van der Waals surface area contributed by atoms with Crippen LogP contribution in [0.5, 0.6) is 0 Å². The number of anilines is 1. The summed E-state index contributed by atoms with van der Waals surface area (Å²) in [5.41, 5.74) is 5.50. The van der Waals surface area contributed by atoms with Gasteiger partial charge in [0, 0.05) is 31.5 Å². The van der Waals surface area contributed by atoms with E-state index in [1.807, 2.05) is 0 Å². The molecule has 1 aliphatic carbocycles. The molecule has 0 unspecified atom stereocenters. The zero-order chi connectivity index (χ0) is 14.7. The molecule has 1 aromatic rings. The summed E-state index contributed by atoms with van der Waals surface area (Å²) in [6, 6.07) is 1.56. The summed E-state index contributed by atoms with van der Waals surface area (Å²) < 4.78 is 0. The van der Waals surface area contributed by atoms with E-state index >= 15 is 0 Å². The van der Waals surface area contributed by atoms with Crippen molar-refractivity contribution < 1.29 is 0 Å². The molecule has 0 amide bonds. The van der Waals surface area contributed by atoms with Crippen LogP contribution in [0.2, 0.25) is 0 Å². The van der Waals surface area contributed by atoms with Crippen molar-refractivity contribution in [3.8, 4) is 0 Å². The highest BCUT2D eigenvalue weighted by Crippen LogP contribution is 2.37. The van der Waals surface area contributed by atoms with Gasteiger partial charge in [-0.2, -0.15) is 0 Å². The predicted octanol–water partition coefficient (Wildman–Crippen LogP) is 1.79. The van der Waals surface area contributed by atoms with Crippen LogP contribution >= 0.6 is 12.2 Å². The number of aromatic nitrogens is 2. The first-order chi connectivity index (χ1) is 9.45. The number of nitrogens with one attached hydrogen (secondary N) is 1. The van der Waals surface area contributed by atoms with E-state index in [1.54, 1.807) is 6.07 Å². The highest BCUT2D eigenvalue weighted by Gasteiger charge is 2.27. The fourth-order valence-electron chi connectivity index (χ4n) is 2.16. The Hall–Kier alpha value is -1.43. The van der Waals surface area contributed by atoms with Gasteiger partial charge >= 0.3 is 0 Å². The molecule has 20 heavy (non-hydrogen) atoms. The first-order valence-electron chi connectivity index (χ1n) is 7.10. The van der Waals surface area contributed by atoms with Gasteiger partial charge in [-0.3, -0.25) is 4.79 Å². The number of nitrogens with two attached hydrogens (primary N) is 1. The SMILES string of the molecule is CC(C)CN(CCC(N)=S)c1cc(=O)[nH]c(C2CC2)n1. The molecule has 1 heterocycles. The first kappa shape index (κ1) is 15.0. The summed E-state index contributed by atoms with van der Waals surface area (Å²) in [5, 5.41) is 0. The molecule has 0 bridgehead atoms. The highest BCUT2D eigenvalue weighted by molar-refractivity contribution is 7.80. The molecule has 110 valence electrons. The highest BCUT2D eigenvalue weighted by atomic mass is 32.1. The molecular formula is C14H22N4OS. The fraction of sp³-hybridized carbons (Fsp3) is 0.643. The summed E-state index contributed by atoms with van der Waals surface area (Å²) in [7, 11) is 0. The molecule has 0 atom stereocenters. The zero-order valence-corrected chi connectivity index (χ0v) is 12.9. The van der Waals surface area contributed by atoms with E-state index < -0.39 is 0 Å². The molecule has 5 nitrogen and oxygen atoms in total. The molecular weight excluding hydrogens is 272 g/mol. The van der Waals surface area contributed by atoms with Crippen LogP contribution in [-0.4, -0.2) is 28.0 Å². The van der Waals surface area contributed by atoms with Crippen LogP contribution in [0.25, 0.3) is 0 Å². The van der Waals surface area contributed by atoms with Crippen molar-refractivity contribution in [1.82, 2.24) is 9.97 Å². The monoisotopic (exact) mass is 294 g/mol. The Balaban J connectivity index is 2.21. The Labute approximate surface area is 124 Å². The first-order valence-corrected chi connectivity index (χ1v) is 7.51. The molecule has 3 N–H and O–H groups in total. The van der Waals surface area contributed by atoms with E-state index in [1.165, 1.54) is 0 Å². The Morgan fingerprint density at radius 1 is 1.60 bits per heavy atom. The summed E-state index contributed by atoms with van der Waals surface area (Å²) >= 11 is 4.94. The second-order valence-corrected chi connectivity index (χ2v) is 6.34. The molecule has 0 spiro atoms. The van der Waals surface area contributed by atoms with Gasteiger partial charge in [0.15, 0.2) is 0 Å². The van der Waals surface area contributed by atoms with Gasteiger partial charge < -0.3 is 15.6 Å². The van der Waals surface area contributed by atoms with Crippen molar-refractivity contribution in [3.63, 3.8) is 0 Å². The average molecular weight is 294 g/mol. The third-order valence-electron chi connectivity index (χ3n) is 3.25. The maximum Gasteiger partial charge on any atom is 0.252 e. The minimum atomic E-state index is -0.0824. The van der Waals surface area contributed by atoms with Crippen molar-refractivity contribution in [2.75, 3.05) is 18.0 Å². The van der Waals surface area contributed by atoms with Crippen LogP contribution in [0.1, 0.15) is 44.9 Å². The lowest BCUT2D eigenvalue weighted by Crippen LogP contribution is -2.33. The van der Waals surface area contributed by atoms with Crippen molar-refractivity contribution in [1.29, 1.82) is 0 Å². The van der Waals surface area contributed by atoms with Crippen LogP contribution in [0.3, 0.4) is 0 Å². The van der Waals surface area contributed by atoms with E-state index in [2.05, 4.69) is 28.7 Å². The predicted molar refractivity (Wildman–Crippen MR) is 85.3 cm³/mol. The summed E-state index contributed by atoms with van der Waals surface area (Å²) in [6.07, 6.45) is 2.86. The maximum absolute atomic E-state index is 11.8. The lowest BCUT2D eigenvalue weighted by molar-refractivity contribution is 0.607. The van der Waals surface area contributed by atoms with Crippen LogP contribution in [-0.2, 0) is 0 Å². The summed E-state index contributed by atoms with van der Waals surface area (Å²) in [4.78, 5) is 21.8. The molecule has 6 heteroatoms. The summed E-state index contributed by atoms with van der Waals surface area (Å²) in [5.74, 6) is 2.46. The second-order valence-electron chi connectivity index (χ2n) is 5.82. The molecule has 0 aliphatic heterocycles. The quantitative estimate of drug-likeness (QED) is 0.750. The number of H-pyrrole nitrogens is 1. The Morgan fingerprint density at radius 3 is 2.85 bits per heavy atom. The van der Waals surface area contributed by atoms with Gasteiger partial charge in [0.1, 0.15) is 11.6 Å². The number of thiocarbonyl (C=S) groups is 1. The topological polar surface area (TPSA) is 75.0 Å². The fourth-order valence-corrected chi connectivity index (χ4v) is 2.25. The number of hydrogen-bond acceptors (Lipinski definition) is 4. The van der Waals surface area contributed by atoms with E-state index in [0.29, 0.717) is 29.8 Å². The van der Waals surface area contributed by atoms with Crippen molar-refractivity contribution in [2.24, 2.45) is 11.7 Å². The van der Waals surface area contributed by atoms with E-state index in [0.717, 1.165) is 31.0 Å². The molecule has 1 fully saturated rings. The largest absolute Gasteiger partial charge is 0.393 e. The third kappa shape index (κ3) is 4.30. The minimum Gasteiger partial charge on any atom is -0.393 e. The number of hydrogen-bond donors (Lipinski definition) is 2. The van der Waals surface area contributed by atoms with Crippen LogP contribution in [0, 0.1) is 5.92 Å². The molecule has 2 rings (SSSR count). The molecule has 0 aromatic carbocycles. The van der Waals surface area contributed by atoms with Crippen molar-refractivity contribution in [2.45, 2.75) is 39.0 Å². The van der Waals surface area contributed by atoms with E-state index in [-0.39, 0.29) is 5.56 Å². The Bertz CT molecular complexity index is 536. The Morgan fingerprint density at radius 2 is 2.30 bits per heavy atom. The standard InChI is InChI=1S/C14H22N4OS/c1-9(2)8-18(6-5-11(15)20)12-7-13(19)17-14(16-12)10-3-4-10/h7,9-10H,3-6,8H2,1-2H3,(H2,15,20)(H,16,17,19). The smallest absolute Gasteiger partial charge is 0.252 e. The van der Waals surface area contributed by atoms with Gasteiger partial charge in [0.25, 0.3) is 5.56 Å². The molecule has 1 aliphatic rings. The third-order valence-corrected chi connectivity index (χ3v) is 3.45. The van der Waals surface area contributed by atoms with Crippen LogP contribution < -0.4 is 16.2 Å². The maximum atomic E-state index is 11.8. The van der Waals surface area contributed by atoms with E-state index in [4.69, 9.17) is 18.0 Å². The minimum absolute atomic E-state index is 0.0824. The second kappa shape index (κ2) is 6.35. The molecule has 0 saturated heterocycles. The number of nitrogens with zero attached hydrogens (tertiary/aromatic N) is 2. The van der Waals surface area contributed by atoms with Gasteiger partial charge in [0.05, 0.1) is 4.99 Å². The molecule has 1 saturated carbocycles. The van der Waals surface area contributed by atoms with Crippen LogP contribution in [0.15, 0.2) is 10.9 Å². The normalized spacial score (nSPS) is 14.6. The Kier molecular flexibility index (Phi) is 4.75. The van der Waals surface area contributed by atoms with Crippen molar-refractivity contribution in [3.05, 3.63) is 22.2 Å². The number of aromatic amines is 1. The molecule has 1 aromatic heterocycles. The summed E-state index contributed by atoms with van der Waals surface area (Å²) in [6.45, 7) is 5.82. The van der Waals surface area contributed by atoms with Gasteiger partial charge in [-0.15, -0.1) is 0 Å². The van der Waals surface area contributed by atoms with Gasteiger partial charge in [-0.1, -0.05) is 26.1 Å². The van der Waals surface area contributed by atoms with Crippen molar-refractivity contribution >= 4 is 23.0 Å². The van der Waals surface area contributed by atoms with Crippen LogP contribution in [0.4, 0.5) is 5.82 Å². The average Bonchev–Trinajstić information content (AvgIpc) is 3.17. The van der Waals surface area contributed by atoms with Gasteiger partial charge in [0.2, 0.25) is 0 Å². The van der Waals surface area contributed by atoms with Gasteiger partial charge in [-0.25, -0.2) is 4.98 Å². The zero-order valence-electron chi connectivity index (χ0n) is 12.1. The lowest BCUT2D eigenvalue weighted by atomic mass is 10.2. The lowest BCUT2D eigenvalue weighted by Gasteiger charge is -2.25. The molecule has 0 radical (unpaired) electrons.